The number of rotatable bonds is 9. The third kappa shape index (κ3) is 7.25. The number of benzene rings is 1. The molecule has 1 aromatic carbocycles. The summed E-state index contributed by atoms with van der Waals surface area (Å²) in [7, 11) is 3.32. The highest BCUT2D eigenvalue weighted by atomic mass is 127. The molecule has 172 valence electrons. The quantitative estimate of drug-likeness (QED) is 0.278. The fourth-order valence-electron chi connectivity index (χ4n) is 3.69. The Labute approximate surface area is 207 Å². The second-order valence-electron chi connectivity index (χ2n) is 7.52. The third-order valence-electron chi connectivity index (χ3n) is 5.47. The van der Waals surface area contributed by atoms with Gasteiger partial charge in [0.05, 0.1) is 20.8 Å². The molecular weight excluding hydrogens is 523 g/mol. The number of guanidine groups is 1. The van der Waals surface area contributed by atoms with Gasteiger partial charge in [-0.05, 0) is 61.4 Å². The van der Waals surface area contributed by atoms with Gasteiger partial charge in [-0.2, -0.15) is 0 Å². The third-order valence-corrected chi connectivity index (χ3v) is 6.50. The molecule has 3 rings (SSSR count). The Morgan fingerprint density at radius 2 is 2.00 bits per heavy atom. The number of nitrogens with zero attached hydrogens (tertiary/aromatic N) is 2. The molecule has 1 aliphatic heterocycles. The summed E-state index contributed by atoms with van der Waals surface area (Å²) >= 11 is 1.89. The van der Waals surface area contributed by atoms with Gasteiger partial charge >= 0.3 is 0 Å². The Morgan fingerprint density at radius 1 is 1.19 bits per heavy atom. The lowest BCUT2D eigenvalue weighted by molar-refractivity contribution is 0.197. The van der Waals surface area contributed by atoms with Crippen molar-refractivity contribution < 1.29 is 9.47 Å². The van der Waals surface area contributed by atoms with Crippen molar-refractivity contribution in [2.24, 2.45) is 4.99 Å². The number of nitrogens with one attached hydrogen (secondary N) is 2. The van der Waals surface area contributed by atoms with Gasteiger partial charge in [0.15, 0.2) is 17.5 Å². The van der Waals surface area contributed by atoms with E-state index in [1.807, 2.05) is 23.5 Å². The van der Waals surface area contributed by atoms with Crippen molar-refractivity contribution in [1.82, 2.24) is 15.5 Å². The first kappa shape index (κ1) is 25.7. The molecule has 2 heterocycles. The van der Waals surface area contributed by atoms with Crippen LogP contribution in [0.4, 0.5) is 0 Å². The smallest absolute Gasteiger partial charge is 0.191 e. The van der Waals surface area contributed by atoms with Crippen molar-refractivity contribution in [2.75, 3.05) is 40.4 Å². The maximum absolute atomic E-state index is 5.40. The molecule has 1 atom stereocenters. The lowest BCUT2D eigenvalue weighted by Crippen LogP contribution is -2.41. The predicted molar refractivity (Wildman–Crippen MR) is 141 cm³/mol. The maximum atomic E-state index is 5.40. The van der Waals surface area contributed by atoms with Crippen molar-refractivity contribution in [3.63, 3.8) is 0 Å². The van der Waals surface area contributed by atoms with Gasteiger partial charge in [-0.3, -0.25) is 9.89 Å². The van der Waals surface area contributed by atoms with Gasteiger partial charge in [0.1, 0.15) is 0 Å². The number of hydrogen-bond acceptors (Lipinski definition) is 5. The van der Waals surface area contributed by atoms with Crippen molar-refractivity contribution >= 4 is 41.3 Å². The van der Waals surface area contributed by atoms with Crippen LogP contribution in [0.5, 0.6) is 11.5 Å². The van der Waals surface area contributed by atoms with Crippen molar-refractivity contribution in [3.8, 4) is 11.5 Å². The first-order chi connectivity index (χ1) is 14.6. The molecule has 0 bridgehead atoms. The van der Waals surface area contributed by atoms with Crippen LogP contribution in [0.2, 0.25) is 0 Å². The summed E-state index contributed by atoms with van der Waals surface area (Å²) in [6, 6.07) is 8.74. The van der Waals surface area contributed by atoms with E-state index < -0.39 is 0 Å². The highest BCUT2D eigenvalue weighted by molar-refractivity contribution is 14.0. The fraction of sp³-hybridized carbons (Fsp3) is 0.522. The second-order valence-corrected chi connectivity index (χ2v) is 8.52. The number of halogens is 1. The van der Waals surface area contributed by atoms with Gasteiger partial charge in [0, 0.05) is 37.1 Å². The summed E-state index contributed by atoms with van der Waals surface area (Å²) in [5, 5.41) is 9.02. The van der Waals surface area contributed by atoms with Gasteiger partial charge < -0.3 is 20.1 Å². The van der Waals surface area contributed by atoms with Crippen LogP contribution in [0, 0.1) is 0 Å². The van der Waals surface area contributed by atoms with Gasteiger partial charge in [-0.1, -0.05) is 6.07 Å². The molecule has 0 saturated heterocycles. The Hall–Kier alpha value is -1.52. The number of ether oxygens (including phenoxy) is 2. The molecule has 1 aromatic heterocycles. The van der Waals surface area contributed by atoms with E-state index in [1.165, 1.54) is 11.1 Å². The van der Waals surface area contributed by atoms with E-state index in [2.05, 4.69) is 46.9 Å². The van der Waals surface area contributed by atoms with Gasteiger partial charge in [0.25, 0.3) is 0 Å². The zero-order valence-corrected chi connectivity index (χ0v) is 22.1. The van der Waals surface area contributed by atoms with Crippen LogP contribution in [-0.2, 0) is 19.4 Å². The molecule has 0 fully saturated rings. The Morgan fingerprint density at radius 3 is 2.74 bits per heavy atom. The van der Waals surface area contributed by atoms with Crippen molar-refractivity contribution in [3.05, 3.63) is 45.6 Å². The molecule has 2 aromatic rings. The van der Waals surface area contributed by atoms with E-state index in [4.69, 9.17) is 14.5 Å². The Kier molecular flexibility index (Phi) is 10.9. The number of thiophene rings is 1. The summed E-state index contributed by atoms with van der Waals surface area (Å²) in [4.78, 5) is 8.92. The van der Waals surface area contributed by atoms with E-state index in [0.29, 0.717) is 6.04 Å². The molecule has 0 spiro atoms. The first-order valence-corrected chi connectivity index (χ1v) is 11.5. The predicted octanol–water partition coefficient (Wildman–Crippen LogP) is 3.93. The summed E-state index contributed by atoms with van der Waals surface area (Å²) in [6.07, 6.45) is 2.04. The lowest BCUT2D eigenvalue weighted by atomic mass is 10.1. The highest BCUT2D eigenvalue weighted by Gasteiger charge is 2.21. The number of hydrogen-bond donors (Lipinski definition) is 2. The van der Waals surface area contributed by atoms with Crippen LogP contribution in [0.15, 0.2) is 34.6 Å². The van der Waals surface area contributed by atoms with Crippen LogP contribution in [-0.4, -0.2) is 57.3 Å². The SMILES string of the molecule is CCNC(=NCC(C)N1CCc2sccc2C1)NCCc1ccc(OC)c(OC)c1.I. The molecular formula is C23H35IN4O2S. The van der Waals surface area contributed by atoms with Gasteiger partial charge in [-0.25, -0.2) is 0 Å². The molecule has 2 N–H and O–H groups in total. The monoisotopic (exact) mass is 558 g/mol. The zero-order chi connectivity index (χ0) is 21.3. The maximum Gasteiger partial charge on any atom is 0.191 e. The summed E-state index contributed by atoms with van der Waals surface area (Å²) < 4.78 is 10.7. The molecule has 6 nitrogen and oxygen atoms in total. The van der Waals surface area contributed by atoms with Crippen molar-refractivity contribution in [1.29, 1.82) is 0 Å². The Balaban J connectivity index is 0.00000341. The van der Waals surface area contributed by atoms with E-state index in [9.17, 15) is 0 Å². The fourth-order valence-corrected chi connectivity index (χ4v) is 4.58. The molecule has 0 aliphatic carbocycles. The number of fused-ring (bicyclic) bond motifs is 1. The molecule has 0 saturated carbocycles. The Bertz CT molecular complexity index is 843. The standard InChI is InChI=1S/C23H34N4O2S.HI/c1-5-24-23(25-11-8-18-6-7-20(28-3)21(14-18)29-4)26-15-17(2)27-12-9-22-19(16-27)10-13-30-22;/h6-7,10,13-14,17H,5,8-9,11-12,15-16H2,1-4H3,(H2,24,25,26);1H. The number of methoxy groups -OCH3 is 2. The minimum absolute atomic E-state index is 0. The lowest BCUT2D eigenvalue weighted by Gasteiger charge is -2.31. The molecule has 1 unspecified atom stereocenters. The van der Waals surface area contributed by atoms with Crippen LogP contribution in [0.3, 0.4) is 0 Å². The summed E-state index contributed by atoms with van der Waals surface area (Å²) in [5.74, 6) is 2.39. The molecule has 8 heteroatoms. The minimum atomic E-state index is 0. The van der Waals surface area contributed by atoms with E-state index in [0.717, 1.165) is 63.0 Å². The minimum Gasteiger partial charge on any atom is -0.493 e. The number of aliphatic imine (C=N–C) groups is 1. The topological polar surface area (TPSA) is 58.1 Å². The average molecular weight is 559 g/mol. The summed E-state index contributed by atoms with van der Waals surface area (Å²) in [5.41, 5.74) is 2.69. The first-order valence-electron chi connectivity index (χ1n) is 10.7. The van der Waals surface area contributed by atoms with Crippen LogP contribution >= 0.6 is 35.3 Å². The molecule has 31 heavy (non-hydrogen) atoms. The zero-order valence-electron chi connectivity index (χ0n) is 18.9. The highest BCUT2D eigenvalue weighted by Crippen LogP contribution is 2.27. The van der Waals surface area contributed by atoms with Crippen molar-refractivity contribution in [2.45, 2.75) is 39.3 Å². The van der Waals surface area contributed by atoms with Crippen LogP contribution in [0.25, 0.3) is 0 Å². The van der Waals surface area contributed by atoms with Crippen LogP contribution < -0.4 is 20.1 Å². The van der Waals surface area contributed by atoms with Gasteiger partial charge in [0.2, 0.25) is 0 Å². The van der Waals surface area contributed by atoms with E-state index in [-0.39, 0.29) is 24.0 Å². The molecule has 0 radical (unpaired) electrons. The van der Waals surface area contributed by atoms with Gasteiger partial charge in [-0.15, -0.1) is 35.3 Å². The molecule has 1 aliphatic rings. The van der Waals surface area contributed by atoms with E-state index in [1.54, 1.807) is 19.1 Å². The molecule has 0 amide bonds. The summed E-state index contributed by atoms with van der Waals surface area (Å²) in [6.45, 7) is 8.96. The van der Waals surface area contributed by atoms with Crippen LogP contribution in [0.1, 0.15) is 29.9 Å². The second kappa shape index (κ2) is 13.1. The average Bonchev–Trinajstić information content (AvgIpc) is 3.25. The largest absolute Gasteiger partial charge is 0.493 e. The normalized spacial score (nSPS) is 14.9. The van der Waals surface area contributed by atoms with E-state index >= 15 is 0 Å².